The first-order valence-corrected chi connectivity index (χ1v) is 14.5. The van der Waals surface area contributed by atoms with Gasteiger partial charge in [-0.1, -0.05) is 18.2 Å². The Hall–Kier alpha value is -3.34. The van der Waals surface area contributed by atoms with Crippen molar-refractivity contribution in [1.29, 1.82) is 0 Å². The van der Waals surface area contributed by atoms with Crippen molar-refractivity contribution in [2.45, 2.75) is 30.4 Å². The van der Waals surface area contributed by atoms with Gasteiger partial charge in [0.15, 0.2) is 16.1 Å². The van der Waals surface area contributed by atoms with Crippen molar-refractivity contribution < 1.29 is 17.9 Å². The SMILES string of the molecule is CS(=O)(=O)c1ccccc1-c1cc(N2CCOCC2)nc2c(-c3ccnn3C3CCCCO3)nccc12. The Balaban J connectivity index is 1.60. The van der Waals surface area contributed by atoms with Gasteiger partial charge in [0.05, 0.1) is 23.8 Å². The van der Waals surface area contributed by atoms with Crippen LogP contribution in [0.3, 0.4) is 0 Å². The molecule has 2 saturated heterocycles. The molecule has 0 aliphatic carbocycles. The van der Waals surface area contributed by atoms with Crippen LogP contribution in [0, 0.1) is 0 Å². The number of morpholine rings is 1. The Labute approximate surface area is 216 Å². The van der Waals surface area contributed by atoms with E-state index in [0.717, 1.165) is 41.7 Å². The standard InChI is InChI=1S/C27H29N5O4S/c1-37(33,34)23-7-3-2-6-19(23)21-18-24(31-13-16-35-17-14-31)30-26-20(21)9-11-28-27(26)22-10-12-29-32(22)25-8-4-5-15-36-25/h2-3,6-7,9-12,18,25H,4-5,8,13-17H2,1H3. The third-order valence-corrected chi connectivity index (χ3v) is 8.12. The molecule has 10 heteroatoms. The maximum atomic E-state index is 12.7. The lowest BCUT2D eigenvalue weighted by Gasteiger charge is -2.29. The van der Waals surface area contributed by atoms with Crippen molar-refractivity contribution in [3.8, 4) is 22.5 Å². The molecular weight excluding hydrogens is 490 g/mol. The van der Waals surface area contributed by atoms with Crippen LogP contribution in [0.1, 0.15) is 25.5 Å². The minimum absolute atomic E-state index is 0.149. The van der Waals surface area contributed by atoms with Crippen LogP contribution in [-0.4, -0.2) is 67.3 Å². The molecule has 0 amide bonds. The van der Waals surface area contributed by atoms with Gasteiger partial charge in [-0.3, -0.25) is 4.98 Å². The molecule has 9 nitrogen and oxygen atoms in total. The van der Waals surface area contributed by atoms with Crippen LogP contribution in [-0.2, 0) is 19.3 Å². The van der Waals surface area contributed by atoms with Crippen LogP contribution < -0.4 is 4.90 Å². The Bertz CT molecular complexity index is 1540. The number of benzene rings is 1. The van der Waals surface area contributed by atoms with Crippen LogP contribution in [0.5, 0.6) is 0 Å². The number of anilines is 1. The molecule has 3 aromatic heterocycles. The highest BCUT2D eigenvalue weighted by molar-refractivity contribution is 7.90. The number of fused-ring (bicyclic) bond motifs is 1. The molecule has 37 heavy (non-hydrogen) atoms. The highest BCUT2D eigenvalue weighted by Gasteiger charge is 2.25. The minimum Gasteiger partial charge on any atom is -0.378 e. The molecule has 2 aliphatic heterocycles. The van der Waals surface area contributed by atoms with Crippen LogP contribution in [0.25, 0.3) is 33.4 Å². The van der Waals surface area contributed by atoms with Gasteiger partial charge in [0.1, 0.15) is 17.0 Å². The molecule has 1 atom stereocenters. The number of nitrogens with zero attached hydrogens (tertiary/aromatic N) is 5. The third kappa shape index (κ3) is 4.60. The topological polar surface area (TPSA) is 99.4 Å². The Morgan fingerprint density at radius 3 is 2.59 bits per heavy atom. The van der Waals surface area contributed by atoms with E-state index in [2.05, 4.69) is 10.00 Å². The molecule has 1 unspecified atom stereocenters. The van der Waals surface area contributed by atoms with Gasteiger partial charge in [0, 0.05) is 49.3 Å². The van der Waals surface area contributed by atoms with Gasteiger partial charge < -0.3 is 14.4 Å². The summed E-state index contributed by atoms with van der Waals surface area (Å²) in [5.41, 5.74) is 3.66. The second-order valence-electron chi connectivity index (χ2n) is 9.43. The number of ether oxygens (including phenoxy) is 2. The van der Waals surface area contributed by atoms with Crippen molar-refractivity contribution in [2.24, 2.45) is 0 Å². The van der Waals surface area contributed by atoms with Crippen molar-refractivity contribution in [1.82, 2.24) is 19.7 Å². The van der Waals surface area contributed by atoms with Gasteiger partial charge in [0.2, 0.25) is 0 Å². The van der Waals surface area contributed by atoms with Crippen LogP contribution in [0.4, 0.5) is 5.82 Å². The van der Waals surface area contributed by atoms with E-state index in [1.165, 1.54) is 6.26 Å². The van der Waals surface area contributed by atoms with Gasteiger partial charge in [-0.05, 0) is 49.1 Å². The number of pyridine rings is 2. The zero-order valence-electron chi connectivity index (χ0n) is 20.7. The average molecular weight is 520 g/mol. The van der Waals surface area contributed by atoms with Crippen molar-refractivity contribution in [2.75, 3.05) is 44.1 Å². The second kappa shape index (κ2) is 9.85. The molecule has 6 rings (SSSR count). The zero-order valence-corrected chi connectivity index (χ0v) is 21.5. The number of sulfone groups is 1. The summed E-state index contributed by atoms with van der Waals surface area (Å²) in [6.45, 7) is 3.34. The fraction of sp³-hybridized carbons (Fsp3) is 0.370. The number of aromatic nitrogens is 4. The van der Waals surface area contributed by atoms with Gasteiger partial charge >= 0.3 is 0 Å². The lowest BCUT2D eigenvalue weighted by atomic mass is 10.00. The number of hydrogen-bond acceptors (Lipinski definition) is 8. The first-order chi connectivity index (χ1) is 18.0. The van der Waals surface area contributed by atoms with Crippen LogP contribution in [0.2, 0.25) is 0 Å². The van der Waals surface area contributed by atoms with E-state index >= 15 is 0 Å². The normalized spacial score (nSPS) is 18.8. The number of rotatable bonds is 5. The average Bonchev–Trinajstić information content (AvgIpc) is 3.42. The molecule has 192 valence electrons. The minimum atomic E-state index is -3.46. The molecule has 4 aromatic rings. The van der Waals surface area contributed by atoms with Gasteiger partial charge in [-0.15, -0.1) is 0 Å². The van der Waals surface area contributed by atoms with E-state index in [1.54, 1.807) is 24.5 Å². The lowest BCUT2D eigenvalue weighted by Crippen LogP contribution is -2.36. The molecule has 0 radical (unpaired) electrons. The van der Waals surface area contributed by atoms with E-state index in [9.17, 15) is 8.42 Å². The highest BCUT2D eigenvalue weighted by Crippen LogP contribution is 2.38. The number of hydrogen-bond donors (Lipinski definition) is 0. The third-order valence-electron chi connectivity index (χ3n) is 6.97. The molecule has 2 fully saturated rings. The monoisotopic (exact) mass is 519 g/mol. The molecule has 5 heterocycles. The van der Waals surface area contributed by atoms with E-state index in [-0.39, 0.29) is 11.1 Å². The molecule has 2 aliphatic rings. The molecule has 0 N–H and O–H groups in total. The van der Waals surface area contributed by atoms with Gasteiger partial charge in [0.25, 0.3) is 0 Å². The largest absolute Gasteiger partial charge is 0.378 e. The smallest absolute Gasteiger partial charge is 0.176 e. The van der Waals surface area contributed by atoms with E-state index in [1.807, 2.05) is 35.0 Å². The summed E-state index contributed by atoms with van der Waals surface area (Å²) >= 11 is 0. The fourth-order valence-corrected chi connectivity index (χ4v) is 6.07. The summed E-state index contributed by atoms with van der Waals surface area (Å²) in [5, 5.41) is 5.41. The quantitative estimate of drug-likeness (QED) is 0.389. The van der Waals surface area contributed by atoms with Crippen molar-refractivity contribution >= 4 is 26.6 Å². The summed E-state index contributed by atoms with van der Waals surface area (Å²) in [5.74, 6) is 0.767. The van der Waals surface area contributed by atoms with Crippen LogP contribution in [0.15, 0.2) is 59.8 Å². The summed E-state index contributed by atoms with van der Waals surface area (Å²) in [6.07, 6.45) is 7.63. The summed E-state index contributed by atoms with van der Waals surface area (Å²) < 4.78 is 39.0. The first kappa shape index (κ1) is 24.0. The molecule has 0 bridgehead atoms. The molecule has 0 saturated carbocycles. The van der Waals surface area contributed by atoms with E-state index in [4.69, 9.17) is 19.4 Å². The fourth-order valence-electron chi connectivity index (χ4n) is 5.16. The van der Waals surface area contributed by atoms with Gasteiger partial charge in [-0.25, -0.2) is 18.1 Å². The molecular formula is C27H29N5O4S. The highest BCUT2D eigenvalue weighted by atomic mass is 32.2. The van der Waals surface area contributed by atoms with Crippen molar-refractivity contribution in [3.05, 3.63) is 54.9 Å². The Morgan fingerprint density at radius 2 is 1.81 bits per heavy atom. The predicted molar refractivity (Wildman–Crippen MR) is 141 cm³/mol. The molecule has 0 spiro atoms. The first-order valence-electron chi connectivity index (χ1n) is 12.6. The van der Waals surface area contributed by atoms with Gasteiger partial charge in [-0.2, -0.15) is 5.10 Å². The lowest BCUT2D eigenvalue weighted by molar-refractivity contribution is -0.0383. The van der Waals surface area contributed by atoms with E-state index < -0.39 is 9.84 Å². The predicted octanol–water partition coefficient (Wildman–Crippen LogP) is 4.10. The Morgan fingerprint density at radius 1 is 0.973 bits per heavy atom. The van der Waals surface area contributed by atoms with Crippen molar-refractivity contribution in [3.63, 3.8) is 0 Å². The summed E-state index contributed by atoms with van der Waals surface area (Å²) in [6, 6.07) is 13.0. The summed E-state index contributed by atoms with van der Waals surface area (Å²) in [7, 11) is -3.46. The second-order valence-corrected chi connectivity index (χ2v) is 11.4. The molecule has 1 aromatic carbocycles. The Kier molecular flexibility index (Phi) is 6.39. The van der Waals surface area contributed by atoms with Crippen LogP contribution >= 0.6 is 0 Å². The maximum Gasteiger partial charge on any atom is 0.176 e. The van der Waals surface area contributed by atoms with E-state index in [0.29, 0.717) is 49.7 Å². The maximum absolute atomic E-state index is 12.7. The zero-order chi connectivity index (χ0) is 25.4. The summed E-state index contributed by atoms with van der Waals surface area (Å²) in [4.78, 5) is 12.3.